The van der Waals surface area contributed by atoms with Crippen LogP contribution in [0.25, 0.3) is 0 Å². The quantitative estimate of drug-likeness (QED) is 0.898. The first kappa shape index (κ1) is 14.5. The molecule has 0 spiro atoms. The van der Waals surface area contributed by atoms with Crippen molar-refractivity contribution < 1.29 is 14.0 Å². The third kappa shape index (κ3) is 3.35. The second-order valence-electron chi connectivity index (χ2n) is 5.24. The van der Waals surface area contributed by atoms with E-state index in [9.17, 15) is 14.0 Å². The van der Waals surface area contributed by atoms with E-state index in [0.29, 0.717) is 25.9 Å². The van der Waals surface area contributed by atoms with E-state index >= 15 is 0 Å². The number of carbonyl (C=O) groups is 2. The van der Waals surface area contributed by atoms with E-state index in [4.69, 9.17) is 0 Å². The zero-order valence-corrected chi connectivity index (χ0v) is 11.8. The molecule has 0 bridgehead atoms. The molecule has 2 rings (SSSR count). The maximum atomic E-state index is 13.6. The van der Waals surface area contributed by atoms with E-state index in [0.717, 1.165) is 5.56 Å². The highest BCUT2D eigenvalue weighted by atomic mass is 19.1. The highest BCUT2D eigenvalue weighted by molar-refractivity contribution is 5.94. The lowest BCUT2D eigenvalue weighted by Crippen LogP contribution is -2.46. The van der Waals surface area contributed by atoms with Gasteiger partial charge in [0.2, 0.25) is 5.91 Å². The first-order valence-corrected chi connectivity index (χ1v) is 6.80. The van der Waals surface area contributed by atoms with Gasteiger partial charge in [0.1, 0.15) is 5.82 Å². The number of likely N-dealkylation sites (tertiary alicyclic amines) is 1. The molecule has 1 heterocycles. The van der Waals surface area contributed by atoms with Gasteiger partial charge >= 0.3 is 0 Å². The Hall–Kier alpha value is -1.91. The maximum absolute atomic E-state index is 13.6. The van der Waals surface area contributed by atoms with E-state index < -0.39 is 5.82 Å². The highest BCUT2D eigenvalue weighted by Gasteiger charge is 2.23. The molecule has 2 amide bonds. The van der Waals surface area contributed by atoms with Crippen molar-refractivity contribution in [1.29, 1.82) is 0 Å². The SMILES string of the molecule is CC(=O)N1CCC(NC(=O)c2cc(C)ccc2F)CC1. The molecule has 1 aliphatic heterocycles. The number of nitrogens with zero attached hydrogens (tertiary/aromatic N) is 1. The number of amides is 2. The summed E-state index contributed by atoms with van der Waals surface area (Å²) in [6.07, 6.45) is 1.41. The van der Waals surface area contributed by atoms with Gasteiger partial charge in [-0.25, -0.2) is 4.39 Å². The smallest absolute Gasteiger partial charge is 0.254 e. The Bertz CT molecular complexity index is 523. The maximum Gasteiger partial charge on any atom is 0.254 e. The predicted octanol–water partition coefficient (Wildman–Crippen LogP) is 1.87. The Morgan fingerprint density at radius 1 is 1.30 bits per heavy atom. The third-order valence-electron chi connectivity index (χ3n) is 3.64. The molecule has 0 radical (unpaired) electrons. The molecule has 0 aromatic heterocycles. The lowest BCUT2D eigenvalue weighted by molar-refractivity contribution is -0.129. The Balaban J connectivity index is 1.96. The minimum atomic E-state index is -0.505. The number of hydrogen-bond acceptors (Lipinski definition) is 2. The summed E-state index contributed by atoms with van der Waals surface area (Å²) in [5.74, 6) is -0.832. The molecule has 1 aromatic carbocycles. The van der Waals surface area contributed by atoms with Crippen molar-refractivity contribution in [3.63, 3.8) is 0 Å². The molecule has 1 saturated heterocycles. The number of aryl methyl sites for hydroxylation is 1. The van der Waals surface area contributed by atoms with Crippen molar-refractivity contribution in [1.82, 2.24) is 10.2 Å². The van der Waals surface area contributed by atoms with Crippen molar-refractivity contribution in [2.45, 2.75) is 32.7 Å². The molecule has 0 saturated carbocycles. The number of nitrogens with one attached hydrogen (secondary N) is 1. The third-order valence-corrected chi connectivity index (χ3v) is 3.64. The van der Waals surface area contributed by atoms with Crippen LogP contribution in [-0.4, -0.2) is 35.8 Å². The summed E-state index contributed by atoms with van der Waals surface area (Å²) in [5, 5.41) is 2.85. The molecule has 1 fully saturated rings. The molecule has 0 aliphatic carbocycles. The van der Waals surface area contributed by atoms with Crippen molar-refractivity contribution in [3.8, 4) is 0 Å². The number of rotatable bonds is 2. The molecule has 4 nitrogen and oxygen atoms in total. The van der Waals surface area contributed by atoms with Gasteiger partial charge in [-0.1, -0.05) is 11.6 Å². The number of piperidine rings is 1. The summed E-state index contributed by atoms with van der Waals surface area (Å²) in [4.78, 5) is 25.0. The average Bonchev–Trinajstić information content (AvgIpc) is 2.42. The molecule has 5 heteroatoms. The van der Waals surface area contributed by atoms with Gasteiger partial charge in [-0.2, -0.15) is 0 Å². The van der Waals surface area contributed by atoms with Crippen molar-refractivity contribution >= 4 is 11.8 Å². The fraction of sp³-hybridized carbons (Fsp3) is 0.467. The zero-order valence-electron chi connectivity index (χ0n) is 11.8. The van der Waals surface area contributed by atoms with Gasteiger partial charge in [0, 0.05) is 26.1 Å². The van der Waals surface area contributed by atoms with Crippen LogP contribution in [0.2, 0.25) is 0 Å². The molecule has 108 valence electrons. The largest absolute Gasteiger partial charge is 0.349 e. The number of benzene rings is 1. The van der Waals surface area contributed by atoms with Gasteiger partial charge < -0.3 is 10.2 Å². The van der Waals surface area contributed by atoms with Crippen molar-refractivity contribution in [3.05, 3.63) is 35.1 Å². The second kappa shape index (κ2) is 6.03. The van der Waals surface area contributed by atoms with Gasteiger partial charge in [-0.15, -0.1) is 0 Å². The molecule has 1 aromatic rings. The zero-order chi connectivity index (χ0) is 14.7. The van der Waals surface area contributed by atoms with E-state index in [1.54, 1.807) is 24.0 Å². The van der Waals surface area contributed by atoms with Crippen LogP contribution < -0.4 is 5.32 Å². The summed E-state index contributed by atoms with van der Waals surface area (Å²) in [6.45, 7) is 4.63. The summed E-state index contributed by atoms with van der Waals surface area (Å²) in [7, 11) is 0. The molecular formula is C15H19FN2O2. The Morgan fingerprint density at radius 3 is 2.55 bits per heavy atom. The van der Waals surface area contributed by atoms with Crippen molar-refractivity contribution in [2.24, 2.45) is 0 Å². The standard InChI is InChI=1S/C15H19FN2O2/c1-10-3-4-14(16)13(9-10)15(20)17-12-5-7-18(8-6-12)11(2)19/h3-4,9,12H,5-8H2,1-2H3,(H,17,20). The van der Waals surface area contributed by atoms with E-state index in [-0.39, 0.29) is 23.4 Å². The topological polar surface area (TPSA) is 49.4 Å². The summed E-state index contributed by atoms with van der Waals surface area (Å²) >= 11 is 0. The molecule has 20 heavy (non-hydrogen) atoms. The molecule has 0 unspecified atom stereocenters. The Kier molecular flexibility index (Phi) is 4.37. The average molecular weight is 278 g/mol. The minimum absolute atomic E-state index is 0.00184. The highest BCUT2D eigenvalue weighted by Crippen LogP contribution is 2.14. The number of hydrogen-bond donors (Lipinski definition) is 1. The molecule has 1 N–H and O–H groups in total. The van der Waals surface area contributed by atoms with Crippen LogP contribution in [-0.2, 0) is 4.79 Å². The van der Waals surface area contributed by atoms with Gasteiger partial charge in [0.15, 0.2) is 0 Å². The molecule has 1 aliphatic rings. The number of halogens is 1. The lowest BCUT2D eigenvalue weighted by Gasteiger charge is -2.31. The minimum Gasteiger partial charge on any atom is -0.349 e. The van der Waals surface area contributed by atoms with Crippen molar-refractivity contribution in [2.75, 3.05) is 13.1 Å². The number of carbonyl (C=O) groups excluding carboxylic acids is 2. The van der Waals surface area contributed by atoms with Gasteiger partial charge in [-0.05, 0) is 31.9 Å². The monoisotopic (exact) mass is 278 g/mol. The first-order chi connectivity index (χ1) is 9.47. The van der Waals surface area contributed by atoms with E-state index in [2.05, 4.69) is 5.32 Å². The summed E-state index contributed by atoms with van der Waals surface area (Å²) < 4.78 is 13.6. The van der Waals surface area contributed by atoms with Crippen LogP contribution in [0.3, 0.4) is 0 Å². The molecular weight excluding hydrogens is 259 g/mol. The van der Waals surface area contributed by atoms with Crippen LogP contribution in [0.4, 0.5) is 4.39 Å². The van der Waals surface area contributed by atoms with Crippen LogP contribution in [0.1, 0.15) is 35.7 Å². The fourth-order valence-electron chi connectivity index (χ4n) is 2.41. The summed E-state index contributed by atoms with van der Waals surface area (Å²) in [5.41, 5.74) is 0.932. The fourth-order valence-corrected chi connectivity index (χ4v) is 2.41. The Labute approximate surface area is 118 Å². The van der Waals surface area contributed by atoms with E-state index in [1.807, 2.05) is 6.92 Å². The van der Waals surface area contributed by atoms with Crippen LogP contribution >= 0.6 is 0 Å². The Morgan fingerprint density at radius 2 is 1.95 bits per heavy atom. The summed E-state index contributed by atoms with van der Waals surface area (Å²) in [6, 6.07) is 4.49. The van der Waals surface area contributed by atoms with Gasteiger partial charge in [0.05, 0.1) is 5.56 Å². The lowest BCUT2D eigenvalue weighted by atomic mass is 10.0. The second-order valence-corrected chi connectivity index (χ2v) is 5.24. The predicted molar refractivity (Wildman–Crippen MR) is 73.9 cm³/mol. The van der Waals surface area contributed by atoms with Gasteiger partial charge in [0.25, 0.3) is 5.91 Å². The van der Waals surface area contributed by atoms with E-state index in [1.165, 1.54) is 6.07 Å². The normalized spacial score (nSPS) is 16.1. The van der Waals surface area contributed by atoms with Crippen LogP contribution in [0.15, 0.2) is 18.2 Å². The van der Waals surface area contributed by atoms with Crippen LogP contribution in [0, 0.1) is 12.7 Å². The van der Waals surface area contributed by atoms with Gasteiger partial charge in [-0.3, -0.25) is 9.59 Å². The first-order valence-electron chi connectivity index (χ1n) is 6.80. The van der Waals surface area contributed by atoms with Crippen LogP contribution in [0.5, 0.6) is 0 Å². The molecule has 0 atom stereocenters.